The zero-order valence-electron chi connectivity index (χ0n) is 8.58. The van der Waals surface area contributed by atoms with Crippen LogP contribution in [-0.4, -0.2) is 30.6 Å². The van der Waals surface area contributed by atoms with Crippen LogP contribution in [0, 0.1) is 10.1 Å². The van der Waals surface area contributed by atoms with Crippen LogP contribution >= 0.6 is 11.1 Å². The molecule has 0 aromatic heterocycles. The molecule has 0 aliphatic carbocycles. The van der Waals surface area contributed by atoms with E-state index in [0.29, 0.717) is 6.61 Å². The van der Waals surface area contributed by atoms with Crippen molar-refractivity contribution in [3.8, 4) is 0 Å². The maximum Gasteiger partial charge on any atom is 0.285 e. The topological polar surface area (TPSA) is 90.7 Å². The lowest BCUT2D eigenvalue weighted by molar-refractivity contribution is -0.287. The van der Waals surface area contributed by atoms with Gasteiger partial charge in [0.2, 0.25) is 0 Å². The third-order valence-electron chi connectivity index (χ3n) is 1.69. The predicted molar refractivity (Wildman–Crippen MR) is 59.2 cm³/mol. The molecule has 0 aromatic rings. The molecule has 0 bridgehead atoms. The van der Waals surface area contributed by atoms with E-state index in [1.165, 1.54) is 24.7 Å². The number of carbonyl (C=O) groups excluding carboxylic acids is 1. The summed E-state index contributed by atoms with van der Waals surface area (Å²) >= 11 is -1.75. The van der Waals surface area contributed by atoms with Gasteiger partial charge in [-0.3, -0.25) is 19.7 Å². The molecule has 1 amide bonds. The number of hydrogen-bond donors (Lipinski definition) is 2. The molecule has 16 heavy (non-hydrogen) atoms. The third kappa shape index (κ3) is 3.33. The number of carbonyl (C=O) groups is 1. The maximum atomic E-state index is 11.4. The van der Waals surface area contributed by atoms with E-state index in [1.54, 1.807) is 0 Å². The fourth-order valence-electron chi connectivity index (χ4n) is 0.988. The molecule has 7 nitrogen and oxygen atoms in total. The average Bonchev–Trinajstić information content (AvgIpc) is 2.73. The van der Waals surface area contributed by atoms with Crippen LogP contribution in [0.4, 0.5) is 0 Å². The minimum absolute atomic E-state index is 0.123. The van der Waals surface area contributed by atoms with Crippen LogP contribution in [-0.2, 0) is 14.4 Å². The molecule has 0 spiro atoms. The Kier molecular flexibility index (Phi) is 4.96. The van der Waals surface area contributed by atoms with Crippen molar-refractivity contribution in [3.05, 3.63) is 32.6 Å². The van der Waals surface area contributed by atoms with Gasteiger partial charge in [-0.25, -0.2) is 5.48 Å². The second-order valence-electron chi connectivity index (χ2n) is 2.75. The molecule has 0 saturated heterocycles. The number of thiol groups is 1. The Morgan fingerprint density at radius 3 is 3.00 bits per heavy atom. The molecule has 1 unspecified atom stereocenters. The molecule has 1 aliphatic rings. The molecule has 8 heteroatoms. The first-order valence-electron chi connectivity index (χ1n) is 4.40. The lowest BCUT2D eigenvalue weighted by Gasteiger charge is -2.09. The van der Waals surface area contributed by atoms with Crippen LogP contribution in [0.1, 0.15) is 0 Å². The summed E-state index contributed by atoms with van der Waals surface area (Å²) in [5.41, 5.74) is 2.13. The first kappa shape index (κ1) is 12.7. The van der Waals surface area contributed by atoms with E-state index >= 15 is 0 Å². The summed E-state index contributed by atoms with van der Waals surface area (Å²) in [6, 6.07) is 0. The summed E-state index contributed by atoms with van der Waals surface area (Å²) in [4.78, 5) is 26.9. The Bertz CT molecular complexity index is 341. The number of hydrogen-bond acceptors (Lipinski definition) is 5. The van der Waals surface area contributed by atoms with Crippen LogP contribution in [0.3, 0.4) is 0 Å². The standard InChI is InChI=1S/C8H12N2O5S/c1-14-4-5-15-9-8(11)7-3-2-6-16(7)10(12)13/h2-3,6,16H,4-5H2,1H3,(H,9,11). The minimum atomic E-state index is -1.75. The highest BCUT2D eigenvalue weighted by Gasteiger charge is 2.26. The van der Waals surface area contributed by atoms with Crippen LogP contribution in [0.25, 0.3) is 0 Å². The number of allylic oxidation sites excluding steroid dienone is 2. The number of hydroxylamine groups is 1. The number of amides is 1. The van der Waals surface area contributed by atoms with E-state index in [1.807, 2.05) is 0 Å². The van der Waals surface area contributed by atoms with Gasteiger partial charge >= 0.3 is 0 Å². The summed E-state index contributed by atoms with van der Waals surface area (Å²) in [6.07, 6.45) is 2.92. The first-order valence-corrected chi connectivity index (χ1v) is 5.76. The number of ether oxygens (including phenoxy) is 1. The van der Waals surface area contributed by atoms with Gasteiger partial charge in [-0.2, -0.15) is 0 Å². The largest absolute Gasteiger partial charge is 0.382 e. The fourth-order valence-corrected chi connectivity index (χ4v) is 2.18. The SMILES string of the molecule is COCCONC(=O)C1=CC=C[SH]1[N+](=O)[O-]. The lowest BCUT2D eigenvalue weighted by Crippen LogP contribution is -2.27. The molecule has 1 N–H and O–H groups in total. The van der Waals surface area contributed by atoms with Crippen molar-refractivity contribution < 1.29 is 18.7 Å². The molecule has 1 atom stereocenters. The van der Waals surface area contributed by atoms with Crippen molar-refractivity contribution in [2.75, 3.05) is 20.3 Å². The van der Waals surface area contributed by atoms with Gasteiger partial charge in [0.15, 0.2) is 0 Å². The van der Waals surface area contributed by atoms with E-state index in [0.717, 1.165) is 0 Å². The normalized spacial score (nSPS) is 20.6. The van der Waals surface area contributed by atoms with Gasteiger partial charge in [0.1, 0.15) is 4.91 Å². The highest BCUT2D eigenvalue weighted by Crippen LogP contribution is 2.40. The molecule has 1 aliphatic heterocycles. The van der Waals surface area contributed by atoms with Crippen molar-refractivity contribution in [1.82, 2.24) is 5.48 Å². The van der Waals surface area contributed by atoms with Gasteiger partial charge in [-0.1, -0.05) is 6.08 Å². The molecule has 0 radical (unpaired) electrons. The highest BCUT2D eigenvalue weighted by atomic mass is 32.2. The Balaban J connectivity index is 2.40. The Morgan fingerprint density at radius 2 is 2.38 bits per heavy atom. The molecular weight excluding hydrogens is 236 g/mol. The van der Waals surface area contributed by atoms with E-state index < -0.39 is 21.3 Å². The molecule has 1 heterocycles. The maximum absolute atomic E-state index is 11.4. The second kappa shape index (κ2) is 6.26. The zero-order chi connectivity index (χ0) is 12.0. The molecule has 90 valence electrons. The van der Waals surface area contributed by atoms with Gasteiger partial charge in [0, 0.05) is 12.5 Å². The molecule has 0 aromatic carbocycles. The van der Waals surface area contributed by atoms with E-state index in [2.05, 4.69) is 5.48 Å². The third-order valence-corrected chi connectivity index (χ3v) is 3.34. The van der Waals surface area contributed by atoms with Crippen molar-refractivity contribution in [2.24, 2.45) is 0 Å². The fraction of sp³-hybridized carbons (Fsp3) is 0.375. The average molecular weight is 248 g/mol. The summed E-state index contributed by atoms with van der Waals surface area (Å²) in [7, 11) is 1.50. The van der Waals surface area contributed by atoms with Crippen LogP contribution in [0.2, 0.25) is 0 Å². The van der Waals surface area contributed by atoms with Crippen molar-refractivity contribution in [3.63, 3.8) is 0 Å². The Hall–Kier alpha value is -1.38. The quantitative estimate of drug-likeness (QED) is 0.305. The summed E-state index contributed by atoms with van der Waals surface area (Å²) in [5.74, 6) is -0.580. The zero-order valence-corrected chi connectivity index (χ0v) is 9.48. The van der Waals surface area contributed by atoms with Gasteiger partial charge in [-0.15, -0.1) is 0 Å². The Labute approximate surface area is 94.7 Å². The number of nitrogens with one attached hydrogen (secondary N) is 1. The summed E-state index contributed by atoms with van der Waals surface area (Å²) < 4.78 is 4.23. The number of nitro groups is 1. The van der Waals surface area contributed by atoms with Gasteiger partial charge in [-0.05, 0) is 6.08 Å². The van der Waals surface area contributed by atoms with Crippen LogP contribution in [0.15, 0.2) is 22.5 Å². The smallest absolute Gasteiger partial charge is 0.285 e. The highest BCUT2D eigenvalue weighted by molar-refractivity contribution is 8.18. The number of rotatable bonds is 6. The molecule has 0 saturated carbocycles. The van der Waals surface area contributed by atoms with Crippen molar-refractivity contribution in [2.45, 2.75) is 0 Å². The number of nitrogens with zero attached hydrogens (tertiary/aromatic N) is 1. The molecule has 1 rings (SSSR count). The van der Waals surface area contributed by atoms with Crippen molar-refractivity contribution in [1.29, 1.82) is 0 Å². The van der Waals surface area contributed by atoms with Crippen LogP contribution in [0.5, 0.6) is 0 Å². The van der Waals surface area contributed by atoms with Gasteiger partial charge in [0.25, 0.3) is 5.91 Å². The lowest BCUT2D eigenvalue weighted by atomic mass is 10.5. The molecular formula is C8H12N2O5S. The van der Waals surface area contributed by atoms with Gasteiger partial charge < -0.3 is 4.74 Å². The molecule has 0 fully saturated rings. The van der Waals surface area contributed by atoms with E-state index in [9.17, 15) is 14.9 Å². The van der Waals surface area contributed by atoms with Gasteiger partial charge in [0.05, 0.1) is 28.6 Å². The predicted octanol–water partition coefficient (Wildman–Crippen LogP) is 0.285. The monoisotopic (exact) mass is 248 g/mol. The van der Waals surface area contributed by atoms with E-state index in [4.69, 9.17) is 9.57 Å². The summed E-state index contributed by atoms with van der Waals surface area (Å²) in [5, 5.41) is 12.0. The second-order valence-corrected chi connectivity index (χ2v) is 4.54. The first-order chi connectivity index (χ1) is 7.66. The van der Waals surface area contributed by atoms with Crippen LogP contribution < -0.4 is 5.48 Å². The minimum Gasteiger partial charge on any atom is -0.382 e. The van der Waals surface area contributed by atoms with E-state index in [-0.39, 0.29) is 11.5 Å². The van der Waals surface area contributed by atoms with Crippen molar-refractivity contribution >= 4 is 17.0 Å². The Morgan fingerprint density at radius 1 is 1.62 bits per heavy atom. The number of methoxy groups -OCH3 is 1. The summed E-state index contributed by atoms with van der Waals surface area (Å²) in [6.45, 7) is 0.529.